The van der Waals surface area contributed by atoms with Crippen molar-refractivity contribution >= 4 is 35.4 Å². The molecule has 0 atom stereocenters. The molecule has 23 heavy (non-hydrogen) atoms. The first-order valence-electron chi connectivity index (χ1n) is 10.5. The number of rotatable bonds is 4. The molecule has 0 unspecified atom stereocenters. The molecule has 0 aliphatic carbocycles. The maximum absolute atomic E-state index is 7.53. The minimum absolute atomic E-state index is 0. The Hall–Kier alpha value is -1.22. The van der Waals surface area contributed by atoms with Crippen molar-refractivity contribution in [2.75, 3.05) is 31.9 Å². The average molecular weight is 357 g/mol. The lowest BCUT2D eigenvalue weighted by atomic mass is 10.0. The summed E-state index contributed by atoms with van der Waals surface area (Å²) >= 11 is 6.24. The minimum Gasteiger partial charge on any atom is -0.341 e. The second-order valence-electron chi connectivity index (χ2n) is 5.56. The lowest BCUT2D eigenvalue weighted by Gasteiger charge is -2.27. The van der Waals surface area contributed by atoms with E-state index >= 15 is 0 Å². The molecular formula is C19H24Cl2N2. The predicted molar refractivity (Wildman–Crippen MR) is 103 cm³/mol. The summed E-state index contributed by atoms with van der Waals surface area (Å²) in [5.41, 5.74) is 4.42. The van der Waals surface area contributed by atoms with Gasteiger partial charge in [-0.2, -0.15) is 0 Å². The van der Waals surface area contributed by atoms with E-state index in [4.69, 9.17) is 19.8 Å². The molecule has 0 aromatic heterocycles. The highest BCUT2D eigenvalue weighted by atomic mass is 35.5. The molecule has 0 amide bonds. The van der Waals surface area contributed by atoms with E-state index in [9.17, 15) is 0 Å². The van der Waals surface area contributed by atoms with Gasteiger partial charge in [0, 0.05) is 31.2 Å². The summed E-state index contributed by atoms with van der Waals surface area (Å²) in [7, 11) is 0. The molecule has 2 nitrogen and oxygen atoms in total. The normalized spacial score (nSPS) is 18.1. The Morgan fingerprint density at radius 2 is 1.83 bits per heavy atom. The molecule has 124 valence electrons. The quantitative estimate of drug-likeness (QED) is 0.764. The topological polar surface area (TPSA) is 6.48 Å². The molecule has 0 fully saturated rings. The van der Waals surface area contributed by atoms with Crippen molar-refractivity contribution in [1.29, 1.82) is 0 Å². The van der Waals surface area contributed by atoms with Crippen molar-refractivity contribution in [3.63, 3.8) is 0 Å². The summed E-state index contributed by atoms with van der Waals surface area (Å²) in [6, 6.07) is 13.9. The molecule has 0 saturated carbocycles. The Bertz CT molecular complexity index is 824. The van der Waals surface area contributed by atoms with Crippen molar-refractivity contribution in [1.82, 2.24) is 4.90 Å². The third-order valence-electron chi connectivity index (χ3n) is 4.05. The summed E-state index contributed by atoms with van der Waals surface area (Å²) in [5.74, 6) is 0. The van der Waals surface area contributed by atoms with E-state index in [1.54, 1.807) is 0 Å². The van der Waals surface area contributed by atoms with Crippen LogP contribution in [0.2, 0.25) is 5.02 Å². The van der Waals surface area contributed by atoms with Crippen LogP contribution in [0.25, 0.3) is 0 Å². The highest BCUT2D eigenvalue weighted by molar-refractivity contribution is 6.30. The molecular weight excluding hydrogens is 327 g/mol. The van der Waals surface area contributed by atoms with Crippen LogP contribution >= 0.6 is 24.0 Å². The van der Waals surface area contributed by atoms with Crippen LogP contribution in [0.1, 0.15) is 25.8 Å². The second kappa shape index (κ2) is 8.05. The van der Waals surface area contributed by atoms with Crippen molar-refractivity contribution < 1.29 is 8.22 Å². The van der Waals surface area contributed by atoms with Gasteiger partial charge in [0.2, 0.25) is 0 Å². The van der Waals surface area contributed by atoms with Crippen LogP contribution in [0.3, 0.4) is 0 Å². The number of benzene rings is 2. The first-order valence-corrected chi connectivity index (χ1v) is 7.87. The third-order valence-corrected chi connectivity index (χ3v) is 4.28. The Kier molecular flexibility index (Phi) is 3.97. The zero-order chi connectivity index (χ0) is 20.5. The number of hydrogen-bond donors (Lipinski definition) is 0. The highest BCUT2D eigenvalue weighted by Crippen LogP contribution is 2.37. The van der Waals surface area contributed by atoms with Crippen molar-refractivity contribution in [3.05, 3.63) is 58.6 Å². The maximum Gasteiger partial charge on any atom is 0.0458 e. The molecule has 0 saturated heterocycles. The first-order chi connectivity index (χ1) is 13.1. The molecule has 0 bridgehead atoms. The van der Waals surface area contributed by atoms with Gasteiger partial charge in [0.15, 0.2) is 0 Å². The predicted octanol–water partition coefficient (Wildman–Crippen LogP) is 4.95. The fourth-order valence-corrected chi connectivity index (χ4v) is 3.18. The van der Waals surface area contributed by atoms with Crippen LogP contribution in [-0.2, 0) is 12.8 Å². The van der Waals surface area contributed by atoms with Crippen LogP contribution in [0.5, 0.6) is 0 Å². The van der Waals surface area contributed by atoms with Gasteiger partial charge >= 0.3 is 0 Å². The van der Waals surface area contributed by atoms with Crippen LogP contribution < -0.4 is 4.90 Å². The Labute approximate surface area is 158 Å². The lowest BCUT2D eigenvalue weighted by molar-refractivity contribution is 0.402. The fraction of sp³-hybridized carbons (Fsp3) is 0.368. The number of aryl methyl sites for hydroxylation is 2. The van der Waals surface area contributed by atoms with Gasteiger partial charge in [-0.1, -0.05) is 35.9 Å². The van der Waals surface area contributed by atoms with Gasteiger partial charge in [-0.3, -0.25) is 0 Å². The van der Waals surface area contributed by atoms with Crippen molar-refractivity contribution in [2.45, 2.75) is 19.3 Å². The van der Waals surface area contributed by atoms with Gasteiger partial charge in [0.1, 0.15) is 0 Å². The number of fused-ring (bicyclic) bond motifs is 2. The number of para-hydroxylation sites is 1. The van der Waals surface area contributed by atoms with Gasteiger partial charge < -0.3 is 9.80 Å². The van der Waals surface area contributed by atoms with E-state index in [0.29, 0.717) is 22.9 Å². The molecule has 0 spiro atoms. The monoisotopic (exact) mass is 356 g/mol. The van der Waals surface area contributed by atoms with Gasteiger partial charge in [0.05, 0.1) is 0 Å². The van der Waals surface area contributed by atoms with E-state index in [1.807, 2.05) is 36.4 Å². The Morgan fingerprint density at radius 3 is 2.61 bits per heavy atom. The minimum atomic E-state index is -2.66. The van der Waals surface area contributed by atoms with Crippen molar-refractivity contribution in [3.8, 4) is 0 Å². The summed E-state index contributed by atoms with van der Waals surface area (Å²) < 4.78 is 45.2. The number of halogens is 2. The number of anilines is 2. The zero-order valence-electron chi connectivity index (χ0n) is 18.8. The SMILES string of the molecule is Cl.[2H]C([2H])([2H])N(CCCN1c2ccccc2CCc2ccc(Cl)cc21)C([2H])([2H])[2H]. The summed E-state index contributed by atoms with van der Waals surface area (Å²) in [6.07, 6.45) is 2.17. The third kappa shape index (κ3) is 4.20. The van der Waals surface area contributed by atoms with Crippen LogP contribution in [-0.4, -0.2) is 31.9 Å². The molecule has 3 rings (SSSR count). The van der Waals surface area contributed by atoms with E-state index in [2.05, 4.69) is 11.0 Å². The van der Waals surface area contributed by atoms with Gasteiger partial charge in [-0.15, -0.1) is 12.4 Å². The van der Waals surface area contributed by atoms with E-state index in [1.165, 1.54) is 11.1 Å². The Morgan fingerprint density at radius 1 is 1.09 bits per heavy atom. The zero-order valence-corrected chi connectivity index (χ0v) is 14.3. The summed E-state index contributed by atoms with van der Waals surface area (Å²) in [5, 5.41) is 0.634. The van der Waals surface area contributed by atoms with E-state index in [0.717, 1.165) is 24.2 Å². The van der Waals surface area contributed by atoms with Gasteiger partial charge in [-0.05, 0) is 69.1 Å². The van der Waals surface area contributed by atoms with E-state index in [-0.39, 0.29) is 19.0 Å². The highest BCUT2D eigenvalue weighted by Gasteiger charge is 2.20. The second-order valence-corrected chi connectivity index (χ2v) is 6.00. The summed E-state index contributed by atoms with van der Waals surface area (Å²) in [4.78, 5) is 2.74. The molecule has 2 aromatic rings. The largest absolute Gasteiger partial charge is 0.341 e. The molecule has 0 radical (unpaired) electrons. The molecule has 0 N–H and O–H groups in total. The first kappa shape index (κ1) is 11.4. The maximum atomic E-state index is 7.53. The van der Waals surface area contributed by atoms with E-state index < -0.39 is 14.0 Å². The lowest BCUT2D eigenvalue weighted by Crippen LogP contribution is -2.24. The smallest absolute Gasteiger partial charge is 0.0458 e. The van der Waals surface area contributed by atoms with Crippen LogP contribution in [0.15, 0.2) is 42.5 Å². The number of hydrogen-bond acceptors (Lipinski definition) is 2. The Balaban J connectivity index is 0.00000300. The molecule has 1 aliphatic heterocycles. The molecule has 2 aromatic carbocycles. The summed E-state index contributed by atoms with van der Waals surface area (Å²) in [6.45, 7) is -4.89. The van der Waals surface area contributed by atoms with Crippen LogP contribution in [0.4, 0.5) is 11.4 Å². The molecule has 1 aliphatic rings. The number of nitrogens with zero attached hydrogens (tertiary/aromatic N) is 2. The standard InChI is InChI=1S/C19H23ClN2.ClH/c1-21(2)12-5-13-22-18-7-4-3-6-15(18)8-9-16-10-11-17(20)14-19(16)22;/h3-4,6-7,10-11,14H,5,8-9,12-13H2,1-2H3;1H/i1D3,2D3;. The fourth-order valence-electron chi connectivity index (χ4n) is 3.01. The van der Waals surface area contributed by atoms with Crippen LogP contribution in [0, 0.1) is 0 Å². The molecule has 1 heterocycles. The average Bonchev–Trinajstić information content (AvgIpc) is 2.73. The van der Waals surface area contributed by atoms with Crippen molar-refractivity contribution in [2.24, 2.45) is 0 Å². The van der Waals surface area contributed by atoms with Gasteiger partial charge in [0.25, 0.3) is 0 Å². The van der Waals surface area contributed by atoms with Gasteiger partial charge in [-0.25, -0.2) is 0 Å². The molecule has 4 heteroatoms.